The van der Waals surface area contributed by atoms with Crippen molar-refractivity contribution in [2.75, 3.05) is 6.61 Å². The highest BCUT2D eigenvalue weighted by Crippen LogP contribution is 2.36. The molecule has 0 radical (unpaired) electrons. The minimum atomic E-state index is 0.517. The van der Waals surface area contributed by atoms with Gasteiger partial charge >= 0.3 is 0 Å². The second-order valence-electron chi connectivity index (χ2n) is 4.26. The quantitative estimate of drug-likeness (QED) is 0.681. The van der Waals surface area contributed by atoms with Crippen LogP contribution in [-0.2, 0) is 6.42 Å². The Morgan fingerprint density at radius 2 is 2.00 bits per heavy atom. The van der Waals surface area contributed by atoms with Gasteiger partial charge in [0, 0.05) is 17.7 Å². The standard InChI is InChI=1S/C12H17NO/c1-7(2)11-8(3)9(4)13-10-5-6-14-12(10)11/h7H,5-6H2,1-4H3. The molecular formula is C12H17NO. The van der Waals surface area contributed by atoms with E-state index in [2.05, 4.69) is 32.7 Å². The van der Waals surface area contributed by atoms with E-state index in [1.165, 1.54) is 11.1 Å². The third-order valence-corrected chi connectivity index (χ3v) is 2.92. The summed E-state index contributed by atoms with van der Waals surface area (Å²) in [5, 5.41) is 0. The van der Waals surface area contributed by atoms with Crippen molar-refractivity contribution >= 4 is 0 Å². The molecule has 0 bridgehead atoms. The second kappa shape index (κ2) is 3.26. The molecule has 0 amide bonds. The number of pyridine rings is 1. The van der Waals surface area contributed by atoms with E-state index in [4.69, 9.17) is 4.74 Å². The SMILES string of the molecule is Cc1nc2c(c(C(C)C)c1C)OCC2. The predicted molar refractivity (Wildman–Crippen MR) is 57.0 cm³/mol. The van der Waals surface area contributed by atoms with Gasteiger partial charge in [-0.1, -0.05) is 13.8 Å². The minimum absolute atomic E-state index is 0.517. The first-order valence-electron chi connectivity index (χ1n) is 5.24. The van der Waals surface area contributed by atoms with E-state index >= 15 is 0 Å². The van der Waals surface area contributed by atoms with Crippen LogP contribution in [-0.4, -0.2) is 11.6 Å². The summed E-state index contributed by atoms with van der Waals surface area (Å²) in [6, 6.07) is 0. The summed E-state index contributed by atoms with van der Waals surface area (Å²) >= 11 is 0. The highest BCUT2D eigenvalue weighted by molar-refractivity contribution is 5.48. The van der Waals surface area contributed by atoms with E-state index in [0.29, 0.717) is 5.92 Å². The molecule has 1 aromatic heterocycles. The summed E-state index contributed by atoms with van der Waals surface area (Å²) in [5.74, 6) is 1.58. The molecule has 0 unspecified atom stereocenters. The summed E-state index contributed by atoms with van der Waals surface area (Å²) in [4.78, 5) is 4.57. The van der Waals surface area contributed by atoms with Crippen molar-refractivity contribution < 1.29 is 4.74 Å². The van der Waals surface area contributed by atoms with E-state index in [-0.39, 0.29) is 0 Å². The lowest BCUT2D eigenvalue weighted by Gasteiger charge is -2.15. The van der Waals surface area contributed by atoms with Crippen molar-refractivity contribution in [1.82, 2.24) is 4.98 Å². The average Bonchev–Trinajstić information content (AvgIpc) is 2.52. The van der Waals surface area contributed by atoms with Crippen LogP contribution in [0.5, 0.6) is 5.75 Å². The van der Waals surface area contributed by atoms with Gasteiger partial charge in [0.05, 0.1) is 12.3 Å². The number of rotatable bonds is 1. The van der Waals surface area contributed by atoms with E-state index in [0.717, 1.165) is 30.2 Å². The molecular weight excluding hydrogens is 174 g/mol. The van der Waals surface area contributed by atoms with Gasteiger partial charge in [0.25, 0.3) is 0 Å². The molecule has 0 spiro atoms. The third-order valence-electron chi connectivity index (χ3n) is 2.92. The summed E-state index contributed by atoms with van der Waals surface area (Å²) in [5.41, 5.74) is 4.94. The normalized spacial score (nSPS) is 14.4. The Bertz CT molecular complexity index is 369. The number of fused-ring (bicyclic) bond motifs is 1. The number of aryl methyl sites for hydroxylation is 1. The zero-order valence-electron chi connectivity index (χ0n) is 9.35. The Balaban J connectivity index is 2.66. The van der Waals surface area contributed by atoms with Crippen molar-refractivity contribution in [1.29, 1.82) is 0 Å². The van der Waals surface area contributed by atoms with Gasteiger partial charge in [0.15, 0.2) is 0 Å². The van der Waals surface area contributed by atoms with Gasteiger partial charge in [-0.05, 0) is 25.3 Å². The largest absolute Gasteiger partial charge is 0.491 e. The van der Waals surface area contributed by atoms with Crippen molar-refractivity contribution in [2.45, 2.75) is 40.0 Å². The van der Waals surface area contributed by atoms with Gasteiger partial charge in [-0.15, -0.1) is 0 Å². The van der Waals surface area contributed by atoms with E-state index in [1.54, 1.807) is 0 Å². The number of aromatic nitrogens is 1. The monoisotopic (exact) mass is 191 g/mol. The van der Waals surface area contributed by atoms with E-state index in [1.807, 2.05) is 0 Å². The lowest BCUT2D eigenvalue weighted by atomic mass is 9.95. The zero-order chi connectivity index (χ0) is 10.3. The van der Waals surface area contributed by atoms with Gasteiger partial charge < -0.3 is 4.74 Å². The van der Waals surface area contributed by atoms with Gasteiger partial charge in [-0.3, -0.25) is 4.98 Å². The van der Waals surface area contributed by atoms with Crippen LogP contribution >= 0.6 is 0 Å². The lowest BCUT2D eigenvalue weighted by molar-refractivity contribution is 0.352. The van der Waals surface area contributed by atoms with Crippen LogP contribution in [0.25, 0.3) is 0 Å². The van der Waals surface area contributed by atoms with Crippen LogP contribution in [0.3, 0.4) is 0 Å². The first-order valence-corrected chi connectivity index (χ1v) is 5.24. The summed E-state index contributed by atoms with van der Waals surface area (Å²) in [6.07, 6.45) is 0.968. The lowest BCUT2D eigenvalue weighted by Crippen LogP contribution is -2.01. The fourth-order valence-electron chi connectivity index (χ4n) is 2.13. The first-order chi connectivity index (χ1) is 6.61. The molecule has 0 fully saturated rings. The fraction of sp³-hybridized carbons (Fsp3) is 0.583. The molecule has 1 aliphatic rings. The molecule has 2 rings (SSSR count). The minimum Gasteiger partial charge on any atom is -0.491 e. The number of ether oxygens (including phenoxy) is 1. The molecule has 2 heterocycles. The molecule has 0 atom stereocenters. The second-order valence-corrected chi connectivity index (χ2v) is 4.26. The molecule has 2 nitrogen and oxygen atoms in total. The maximum Gasteiger partial charge on any atom is 0.144 e. The highest BCUT2D eigenvalue weighted by atomic mass is 16.5. The third kappa shape index (κ3) is 1.29. The maximum absolute atomic E-state index is 5.66. The number of nitrogens with zero attached hydrogens (tertiary/aromatic N) is 1. The van der Waals surface area contributed by atoms with Crippen molar-refractivity contribution in [2.24, 2.45) is 0 Å². The van der Waals surface area contributed by atoms with E-state index in [9.17, 15) is 0 Å². The maximum atomic E-state index is 5.66. The molecule has 14 heavy (non-hydrogen) atoms. The van der Waals surface area contributed by atoms with Crippen molar-refractivity contribution in [3.8, 4) is 5.75 Å². The molecule has 0 aliphatic carbocycles. The smallest absolute Gasteiger partial charge is 0.144 e. The van der Waals surface area contributed by atoms with Crippen LogP contribution in [0.15, 0.2) is 0 Å². The zero-order valence-corrected chi connectivity index (χ0v) is 9.35. The molecule has 0 aromatic carbocycles. The molecule has 76 valence electrons. The molecule has 2 heteroatoms. The molecule has 1 aromatic rings. The molecule has 0 N–H and O–H groups in total. The fourth-order valence-corrected chi connectivity index (χ4v) is 2.13. The van der Waals surface area contributed by atoms with Crippen LogP contribution in [0.1, 0.15) is 42.3 Å². The summed E-state index contributed by atoms with van der Waals surface area (Å²) in [6.45, 7) is 9.44. The Hall–Kier alpha value is -1.05. The predicted octanol–water partition coefficient (Wildman–Crippen LogP) is 2.76. The van der Waals surface area contributed by atoms with Crippen LogP contribution in [0, 0.1) is 13.8 Å². The topological polar surface area (TPSA) is 22.1 Å². The summed E-state index contributed by atoms with van der Waals surface area (Å²) in [7, 11) is 0. The molecule has 1 aliphatic heterocycles. The van der Waals surface area contributed by atoms with Crippen molar-refractivity contribution in [3.63, 3.8) is 0 Å². The highest BCUT2D eigenvalue weighted by Gasteiger charge is 2.22. The van der Waals surface area contributed by atoms with Gasteiger partial charge in [0.1, 0.15) is 5.75 Å². The van der Waals surface area contributed by atoms with Crippen LogP contribution in [0.2, 0.25) is 0 Å². The number of hydrogen-bond acceptors (Lipinski definition) is 2. The van der Waals surface area contributed by atoms with E-state index < -0.39 is 0 Å². The number of hydrogen-bond donors (Lipinski definition) is 0. The van der Waals surface area contributed by atoms with Gasteiger partial charge in [0.2, 0.25) is 0 Å². The molecule has 0 saturated heterocycles. The van der Waals surface area contributed by atoms with Gasteiger partial charge in [-0.2, -0.15) is 0 Å². The molecule has 0 saturated carbocycles. The van der Waals surface area contributed by atoms with Gasteiger partial charge in [-0.25, -0.2) is 0 Å². The van der Waals surface area contributed by atoms with Crippen LogP contribution < -0.4 is 4.74 Å². The Labute approximate surface area is 85.3 Å². The first kappa shape index (κ1) is 9.50. The average molecular weight is 191 g/mol. The van der Waals surface area contributed by atoms with Crippen LogP contribution in [0.4, 0.5) is 0 Å². The Morgan fingerprint density at radius 1 is 1.29 bits per heavy atom. The summed E-state index contributed by atoms with van der Waals surface area (Å²) < 4.78 is 5.66. The Morgan fingerprint density at radius 3 is 2.64 bits per heavy atom. The Kier molecular flexibility index (Phi) is 2.22. The van der Waals surface area contributed by atoms with Crippen molar-refractivity contribution in [3.05, 3.63) is 22.5 Å².